The first-order chi connectivity index (χ1) is 13.1. The molecule has 0 radical (unpaired) electrons. The van der Waals surface area contributed by atoms with Gasteiger partial charge in [-0.15, -0.1) is 0 Å². The summed E-state index contributed by atoms with van der Waals surface area (Å²) in [4.78, 5) is 34.1. The Kier molecular flexibility index (Phi) is 7.48. The van der Waals surface area contributed by atoms with E-state index in [-0.39, 0.29) is 11.9 Å². The minimum atomic E-state index is -3.90. The lowest BCUT2D eigenvalue weighted by molar-refractivity contribution is -0.150. The van der Waals surface area contributed by atoms with E-state index in [1.807, 2.05) is 6.92 Å². The highest BCUT2D eigenvalue weighted by Gasteiger charge is 2.27. The maximum Gasteiger partial charge on any atom is 0.323 e. The van der Waals surface area contributed by atoms with Gasteiger partial charge >= 0.3 is 5.97 Å². The summed E-state index contributed by atoms with van der Waals surface area (Å²) in [5.74, 6) is -0.307. The van der Waals surface area contributed by atoms with Crippen molar-refractivity contribution in [1.82, 2.24) is 24.6 Å². The van der Waals surface area contributed by atoms with E-state index >= 15 is 0 Å². The average molecular weight is 414 g/mol. The van der Waals surface area contributed by atoms with Gasteiger partial charge in [-0.2, -0.15) is 0 Å². The van der Waals surface area contributed by atoms with E-state index in [1.54, 1.807) is 24.7 Å². The molecule has 0 amide bonds. The summed E-state index contributed by atoms with van der Waals surface area (Å²) >= 11 is 0. The van der Waals surface area contributed by atoms with Gasteiger partial charge in [0.2, 0.25) is 0 Å². The van der Waals surface area contributed by atoms with Crippen LogP contribution in [0.1, 0.15) is 34.1 Å². The minimum Gasteiger partial charge on any atom is -0.462 e. The third-order valence-electron chi connectivity index (χ3n) is 4.06. The number of anilines is 1. The lowest BCUT2D eigenvalue weighted by Crippen LogP contribution is -2.36. The van der Waals surface area contributed by atoms with Crippen LogP contribution in [0.5, 0.6) is 0 Å². The van der Waals surface area contributed by atoms with Crippen LogP contribution < -0.4 is 10.8 Å². The van der Waals surface area contributed by atoms with Crippen LogP contribution in [0.3, 0.4) is 0 Å². The summed E-state index contributed by atoms with van der Waals surface area (Å²) in [5.41, 5.74) is 6.79. The van der Waals surface area contributed by atoms with E-state index in [9.17, 15) is 14.3 Å². The molecular weight excluding hydrogens is 387 g/mol. The third-order valence-corrected chi connectivity index (χ3v) is 5.35. The largest absolute Gasteiger partial charge is 0.462 e. The maximum absolute atomic E-state index is 12.3. The molecule has 4 N–H and O–H groups in total. The van der Waals surface area contributed by atoms with Crippen LogP contribution >= 0.6 is 7.52 Å². The number of esters is 1. The number of nitrogen functional groups attached to an aromatic ring is 1. The minimum absolute atomic E-state index is 0.256. The van der Waals surface area contributed by atoms with Crippen molar-refractivity contribution >= 4 is 30.5 Å². The number of hydrogen-bond acceptors (Lipinski definition) is 8. The normalized spacial score (nSPS) is 17.0. The summed E-state index contributed by atoms with van der Waals surface area (Å²) in [6.07, 6.45) is 2.42. The molecule has 4 atom stereocenters. The zero-order chi connectivity index (χ0) is 20.9. The molecule has 2 rings (SSSR count). The van der Waals surface area contributed by atoms with Gasteiger partial charge in [-0.1, -0.05) is 6.92 Å². The predicted molar refractivity (Wildman–Crippen MR) is 103 cm³/mol. The molecule has 156 valence electrons. The van der Waals surface area contributed by atoms with E-state index in [0.29, 0.717) is 24.1 Å². The summed E-state index contributed by atoms with van der Waals surface area (Å²) in [5, 5.41) is 2.39. The Morgan fingerprint density at radius 1 is 1.32 bits per heavy atom. The molecule has 0 bridgehead atoms. The Morgan fingerprint density at radius 3 is 2.71 bits per heavy atom. The topological polar surface area (TPSA) is 154 Å². The fourth-order valence-corrected chi connectivity index (χ4v) is 3.61. The number of aromatic nitrogens is 4. The monoisotopic (exact) mass is 414 g/mol. The van der Waals surface area contributed by atoms with E-state index in [1.165, 1.54) is 13.3 Å². The first kappa shape index (κ1) is 22.2. The number of nitrogens with one attached hydrogen (secondary N) is 1. The number of nitrogens with two attached hydrogens (primary N) is 1. The van der Waals surface area contributed by atoms with Crippen LogP contribution in [0.4, 0.5) is 5.82 Å². The Balaban J connectivity index is 1.88. The lowest BCUT2D eigenvalue weighted by atomic mass is 10.3. The van der Waals surface area contributed by atoms with Crippen molar-refractivity contribution in [3.8, 4) is 0 Å². The molecule has 11 nitrogen and oxygen atoms in total. The summed E-state index contributed by atoms with van der Waals surface area (Å²) in [6, 6.07) is -0.930. The second-order valence-corrected chi connectivity index (χ2v) is 8.56. The van der Waals surface area contributed by atoms with E-state index in [2.05, 4.69) is 20.0 Å². The highest BCUT2D eigenvalue weighted by molar-refractivity contribution is 7.55. The highest BCUT2D eigenvalue weighted by Crippen LogP contribution is 2.36. The van der Waals surface area contributed by atoms with Crippen molar-refractivity contribution in [3.05, 3.63) is 12.7 Å². The molecule has 0 spiro atoms. The molecule has 0 saturated carbocycles. The molecule has 2 heterocycles. The fraction of sp³-hybridized carbons (Fsp3) is 0.625. The smallest absolute Gasteiger partial charge is 0.323 e. The van der Waals surface area contributed by atoms with Crippen molar-refractivity contribution in [1.29, 1.82) is 0 Å². The van der Waals surface area contributed by atoms with Crippen molar-refractivity contribution in [3.63, 3.8) is 0 Å². The Hall–Kier alpha value is -2.07. The van der Waals surface area contributed by atoms with Gasteiger partial charge in [-0.05, 0) is 27.2 Å². The van der Waals surface area contributed by atoms with Crippen molar-refractivity contribution < 1.29 is 23.7 Å². The fourth-order valence-electron chi connectivity index (χ4n) is 2.37. The quantitative estimate of drug-likeness (QED) is 0.382. The standard InChI is InChI=1S/C16H27N6O5P/c1-5-10(2)27-16(23)12(4)21-28(24,25)9-26-11(3)6-22-8-20-13-14(17)18-7-19-15(13)22/h7-8,10-12H,5-6,9H2,1-4H3,(H2,17,18,19)(H2,21,24,25)/t10-,11-,12-/m1/s1. The number of carbonyl (C=O) groups is 1. The molecule has 0 aliphatic heterocycles. The molecule has 1 unspecified atom stereocenters. The van der Waals surface area contributed by atoms with E-state index < -0.39 is 32.0 Å². The average Bonchev–Trinajstić information content (AvgIpc) is 3.04. The van der Waals surface area contributed by atoms with Gasteiger partial charge in [0.1, 0.15) is 24.2 Å². The molecule has 0 fully saturated rings. The molecule has 28 heavy (non-hydrogen) atoms. The van der Waals surface area contributed by atoms with Crippen LogP contribution in [-0.4, -0.2) is 55.0 Å². The number of rotatable bonds is 10. The van der Waals surface area contributed by atoms with E-state index in [4.69, 9.17) is 15.2 Å². The lowest BCUT2D eigenvalue weighted by Gasteiger charge is -2.21. The van der Waals surface area contributed by atoms with Crippen molar-refractivity contribution in [2.24, 2.45) is 0 Å². The van der Waals surface area contributed by atoms with Gasteiger partial charge < -0.3 is 24.7 Å². The van der Waals surface area contributed by atoms with Gasteiger partial charge in [-0.25, -0.2) is 20.0 Å². The zero-order valence-corrected chi connectivity index (χ0v) is 17.3. The Labute approximate surface area is 163 Å². The van der Waals surface area contributed by atoms with Crippen LogP contribution in [0, 0.1) is 0 Å². The molecule has 12 heteroatoms. The molecule has 0 aliphatic rings. The highest BCUT2D eigenvalue weighted by atomic mass is 31.2. The second-order valence-electron chi connectivity index (χ2n) is 6.64. The molecule has 0 saturated heterocycles. The van der Waals surface area contributed by atoms with Crippen LogP contribution in [-0.2, 0) is 25.4 Å². The zero-order valence-electron chi connectivity index (χ0n) is 16.4. The van der Waals surface area contributed by atoms with Gasteiger partial charge in [0.05, 0.1) is 25.1 Å². The van der Waals surface area contributed by atoms with Crippen LogP contribution in [0.25, 0.3) is 11.2 Å². The van der Waals surface area contributed by atoms with Crippen molar-refractivity contribution in [2.45, 2.75) is 58.9 Å². The number of fused-ring (bicyclic) bond motifs is 1. The Morgan fingerprint density at radius 2 is 2.04 bits per heavy atom. The van der Waals surface area contributed by atoms with Gasteiger partial charge in [0.25, 0.3) is 7.52 Å². The SMILES string of the molecule is CC[C@@H](C)OC(=O)[C@@H](C)NP(=O)(O)CO[C@H](C)Cn1cnc2c(N)ncnc21. The third kappa shape index (κ3) is 5.96. The maximum atomic E-state index is 12.3. The number of hydrogen-bond donors (Lipinski definition) is 3. The summed E-state index contributed by atoms with van der Waals surface area (Å²) in [7, 11) is -3.90. The second kappa shape index (κ2) is 9.42. The first-order valence-corrected chi connectivity index (χ1v) is 10.8. The molecular formula is C16H27N6O5P. The number of imidazole rings is 1. The van der Waals surface area contributed by atoms with Crippen molar-refractivity contribution in [2.75, 3.05) is 12.1 Å². The first-order valence-electron chi connectivity index (χ1n) is 8.96. The number of nitrogens with zero attached hydrogens (tertiary/aromatic N) is 4. The van der Waals surface area contributed by atoms with Gasteiger partial charge in [-0.3, -0.25) is 9.36 Å². The van der Waals surface area contributed by atoms with Gasteiger partial charge in [0, 0.05) is 0 Å². The molecule has 0 aliphatic carbocycles. The molecule has 2 aromatic rings. The number of ether oxygens (including phenoxy) is 2. The van der Waals surface area contributed by atoms with Gasteiger partial charge in [0.15, 0.2) is 11.5 Å². The van der Waals surface area contributed by atoms with Crippen LogP contribution in [0.15, 0.2) is 12.7 Å². The predicted octanol–water partition coefficient (Wildman–Crippen LogP) is 1.28. The molecule has 2 aromatic heterocycles. The van der Waals surface area contributed by atoms with E-state index in [0.717, 1.165) is 0 Å². The number of carbonyl (C=O) groups excluding carboxylic acids is 1. The summed E-state index contributed by atoms with van der Waals surface area (Å²) in [6.45, 7) is 7.20. The summed E-state index contributed by atoms with van der Waals surface area (Å²) < 4.78 is 24.7. The van der Waals surface area contributed by atoms with Crippen LogP contribution in [0.2, 0.25) is 0 Å². The Bertz CT molecular complexity index is 859. The molecule has 0 aromatic carbocycles.